The number of ketones is 1. The highest BCUT2D eigenvalue weighted by Crippen LogP contribution is 2.22. The van der Waals surface area contributed by atoms with Gasteiger partial charge in [-0.05, 0) is 12.1 Å². The molecule has 0 aliphatic rings. The molecule has 1 rings (SSSR count). The lowest BCUT2D eigenvalue weighted by Gasteiger charge is -2.16. The number of carbonyl (C=O) groups excluding carboxylic acids is 1. The first-order chi connectivity index (χ1) is 5.93. The third kappa shape index (κ3) is 2.05. The van der Waals surface area contributed by atoms with Gasteiger partial charge in [-0.3, -0.25) is 4.79 Å². The molecule has 0 spiro atoms. The summed E-state index contributed by atoms with van der Waals surface area (Å²) in [6, 6.07) is 3.42. The van der Waals surface area contributed by atoms with Crippen LogP contribution in [0.3, 0.4) is 0 Å². The summed E-state index contributed by atoms with van der Waals surface area (Å²) < 4.78 is 0. The Hall–Kier alpha value is -1.38. The van der Waals surface area contributed by atoms with E-state index in [4.69, 9.17) is 5.73 Å². The minimum atomic E-state index is -0.406. The van der Waals surface area contributed by atoms with E-state index >= 15 is 0 Å². The Morgan fingerprint density at radius 2 is 2.08 bits per heavy atom. The zero-order valence-electron chi connectivity index (χ0n) is 8.16. The molecule has 3 heteroatoms. The van der Waals surface area contributed by atoms with Crippen molar-refractivity contribution in [2.45, 2.75) is 20.8 Å². The van der Waals surface area contributed by atoms with E-state index in [1.807, 2.05) is 20.8 Å². The van der Waals surface area contributed by atoms with Crippen LogP contribution in [-0.4, -0.2) is 10.8 Å². The smallest absolute Gasteiger partial charge is 0.171 e. The molecule has 0 aliphatic heterocycles. The molecule has 13 heavy (non-hydrogen) atoms. The van der Waals surface area contributed by atoms with Crippen molar-refractivity contribution in [2.75, 3.05) is 5.73 Å². The van der Waals surface area contributed by atoms with Gasteiger partial charge in [0.05, 0.1) is 5.56 Å². The number of nitrogen functional groups attached to an aromatic ring is 1. The van der Waals surface area contributed by atoms with Crippen molar-refractivity contribution in [1.29, 1.82) is 0 Å². The summed E-state index contributed by atoms with van der Waals surface area (Å²) in [5.74, 6) is 0.334. The summed E-state index contributed by atoms with van der Waals surface area (Å²) in [6.45, 7) is 5.59. The maximum absolute atomic E-state index is 11.8. The number of carbonyl (C=O) groups is 1. The van der Waals surface area contributed by atoms with E-state index in [1.54, 1.807) is 18.3 Å². The first-order valence-electron chi connectivity index (χ1n) is 4.18. The summed E-state index contributed by atoms with van der Waals surface area (Å²) in [5.41, 5.74) is 5.69. The Labute approximate surface area is 78.0 Å². The number of nitrogens with two attached hydrogens (primary N) is 1. The second-order valence-corrected chi connectivity index (χ2v) is 4.02. The molecule has 1 aromatic heterocycles. The molecule has 3 nitrogen and oxygen atoms in total. The summed E-state index contributed by atoms with van der Waals surface area (Å²) in [5, 5.41) is 0. The fourth-order valence-corrected chi connectivity index (χ4v) is 1.01. The molecule has 70 valence electrons. The average molecular weight is 178 g/mol. The number of anilines is 1. The van der Waals surface area contributed by atoms with Crippen molar-refractivity contribution in [3.63, 3.8) is 0 Å². The van der Waals surface area contributed by atoms with E-state index in [9.17, 15) is 4.79 Å². The number of hydrogen-bond donors (Lipinski definition) is 1. The van der Waals surface area contributed by atoms with Gasteiger partial charge >= 0.3 is 0 Å². The van der Waals surface area contributed by atoms with Gasteiger partial charge < -0.3 is 5.73 Å². The monoisotopic (exact) mass is 178 g/mol. The quantitative estimate of drug-likeness (QED) is 0.668. The molecular weight excluding hydrogens is 164 g/mol. The SMILES string of the molecule is CC(C)(C)C(=O)c1cccnc1N. The molecule has 0 bridgehead atoms. The number of nitrogens with zero attached hydrogens (tertiary/aromatic N) is 1. The Morgan fingerprint density at radius 1 is 1.46 bits per heavy atom. The first-order valence-corrected chi connectivity index (χ1v) is 4.18. The molecule has 1 heterocycles. The highest BCUT2D eigenvalue weighted by molar-refractivity contribution is 6.03. The van der Waals surface area contributed by atoms with Crippen molar-refractivity contribution in [1.82, 2.24) is 4.98 Å². The fraction of sp³-hybridized carbons (Fsp3) is 0.400. The highest BCUT2D eigenvalue weighted by atomic mass is 16.1. The van der Waals surface area contributed by atoms with Gasteiger partial charge in [0.1, 0.15) is 5.82 Å². The second kappa shape index (κ2) is 3.17. The fourth-order valence-electron chi connectivity index (χ4n) is 1.01. The molecule has 2 N–H and O–H groups in total. The predicted molar refractivity (Wildman–Crippen MR) is 52.4 cm³/mol. The van der Waals surface area contributed by atoms with Crippen LogP contribution in [0, 0.1) is 5.41 Å². The van der Waals surface area contributed by atoms with Gasteiger partial charge in [-0.1, -0.05) is 20.8 Å². The number of Topliss-reactive ketones (excluding diaryl/α,β-unsaturated/α-hetero) is 1. The third-order valence-corrected chi connectivity index (χ3v) is 1.76. The van der Waals surface area contributed by atoms with Crippen LogP contribution in [0.4, 0.5) is 5.82 Å². The van der Waals surface area contributed by atoms with Crippen LogP contribution in [0.1, 0.15) is 31.1 Å². The molecule has 1 aromatic rings. The maximum Gasteiger partial charge on any atom is 0.171 e. The summed E-state index contributed by atoms with van der Waals surface area (Å²) in [4.78, 5) is 15.6. The second-order valence-electron chi connectivity index (χ2n) is 4.02. The van der Waals surface area contributed by atoms with Crippen LogP contribution >= 0.6 is 0 Å². The van der Waals surface area contributed by atoms with E-state index in [2.05, 4.69) is 4.98 Å². The Balaban J connectivity index is 3.10. The number of pyridine rings is 1. The maximum atomic E-state index is 11.8. The van der Waals surface area contributed by atoms with Gasteiger partial charge in [-0.2, -0.15) is 0 Å². The summed E-state index contributed by atoms with van der Waals surface area (Å²) in [7, 11) is 0. The molecule has 0 aliphatic carbocycles. The zero-order valence-corrected chi connectivity index (χ0v) is 8.16. The largest absolute Gasteiger partial charge is 0.383 e. The molecule has 0 radical (unpaired) electrons. The van der Waals surface area contributed by atoms with E-state index in [0.717, 1.165) is 0 Å². The first kappa shape index (κ1) is 9.71. The van der Waals surface area contributed by atoms with Crippen molar-refractivity contribution >= 4 is 11.6 Å². The summed E-state index contributed by atoms with van der Waals surface area (Å²) in [6.07, 6.45) is 1.58. The van der Waals surface area contributed by atoms with Gasteiger partial charge in [0.2, 0.25) is 0 Å². The van der Waals surface area contributed by atoms with Crippen molar-refractivity contribution in [2.24, 2.45) is 5.41 Å². The number of rotatable bonds is 1. The average Bonchev–Trinajstić information content (AvgIpc) is 2.02. The van der Waals surface area contributed by atoms with Gasteiger partial charge in [-0.15, -0.1) is 0 Å². The van der Waals surface area contributed by atoms with Crippen molar-refractivity contribution in [3.05, 3.63) is 23.9 Å². The summed E-state index contributed by atoms with van der Waals surface area (Å²) >= 11 is 0. The lowest BCUT2D eigenvalue weighted by molar-refractivity contribution is 0.0859. The van der Waals surface area contributed by atoms with Crippen LogP contribution in [-0.2, 0) is 0 Å². The number of hydrogen-bond acceptors (Lipinski definition) is 3. The lowest BCUT2D eigenvalue weighted by Crippen LogP contribution is -2.21. The van der Waals surface area contributed by atoms with Crippen LogP contribution in [0.5, 0.6) is 0 Å². The molecule has 0 amide bonds. The molecule has 0 unspecified atom stereocenters. The van der Waals surface area contributed by atoms with Gasteiger partial charge in [0, 0.05) is 11.6 Å². The molecule has 0 saturated carbocycles. The van der Waals surface area contributed by atoms with Gasteiger partial charge in [0.25, 0.3) is 0 Å². The van der Waals surface area contributed by atoms with E-state index < -0.39 is 5.41 Å². The minimum absolute atomic E-state index is 0.0260. The van der Waals surface area contributed by atoms with E-state index in [0.29, 0.717) is 11.4 Å². The Bertz CT molecular complexity index is 326. The molecule has 0 atom stereocenters. The standard InChI is InChI=1S/C10H14N2O/c1-10(2,3)8(13)7-5-4-6-12-9(7)11/h4-6H,1-3H3,(H2,11,12). The Kier molecular flexibility index (Phi) is 2.36. The highest BCUT2D eigenvalue weighted by Gasteiger charge is 2.24. The number of aromatic nitrogens is 1. The Morgan fingerprint density at radius 3 is 2.54 bits per heavy atom. The van der Waals surface area contributed by atoms with Crippen LogP contribution in [0.15, 0.2) is 18.3 Å². The lowest BCUT2D eigenvalue weighted by atomic mass is 9.87. The van der Waals surface area contributed by atoms with E-state index in [-0.39, 0.29) is 5.78 Å². The minimum Gasteiger partial charge on any atom is -0.383 e. The van der Waals surface area contributed by atoms with Crippen LogP contribution in [0.2, 0.25) is 0 Å². The topological polar surface area (TPSA) is 56.0 Å². The normalized spacial score (nSPS) is 11.3. The van der Waals surface area contributed by atoms with Crippen LogP contribution in [0.25, 0.3) is 0 Å². The molecular formula is C10H14N2O. The predicted octanol–water partition coefficient (Wildman–Crippen LogP) is 1.89. The third-order valence-electron chi connectivity index (χ3n) is 1.76. The molecule has 0 aromatic carbocycles. The van der Waals surface area contributed by atoms with Gasteiger partial charge in [-0.25, -0.2) is 4.98 Å². The zero-order chi connectivity index (χ0) is 10.1. The van der Waals surface area contributed by atoms with Crippen molar-refractivity contribution < 1.29 is 4.79 Å². The van der Waals surface area contributed by atoms with Crippen LogP contribution < -0.4 is 5.73 Å². The van der Waals surface area contributed by atoms with E-state index in [1.165, 1.54) is 0 Å². The molecule has 0 fully saturated rings. The molecule has 0 saturated heterocycles. The van der Waals surface area contributed by atoms with Gasteiger partial charge in [0.15, 0.2) is 5.78 Å². The van der Waals surface area contributed by atoms with Crippen molar-refractivity contribution in [3.8, 4) is 0 Å².